The van der Waals surface area contributed by atoms with Crippen molar-refractivity contribution in [3.05, 3.63) is 47.3 Å². The largest absolute Gasteiger partial charge is 0.336 e. The topological polar surface area (TPSA) is 79.3 Å². The van der Waals surface area contributed by atoms with Crippen LogP contribution in [0.2, 0.25) is 0 Å². The summed E-state index contributed by atoms with van der Waals surface area (Å²) in [5, 5.41) is 10.4. The molecule has 0 saturated heterocycles. The average molecular weight is 369 g/mol. The van der Waals surface area contributed by atoms with Gasteiger partial charge in [-0.3, -0.25) is 9.48 Å². The van der Waals surface area contributed by atoms with Gasteiger partial charge in [0.05, 0.1) is 24.5 Å². The van der Waals surface area contributed by atoms with E-state index in [1.807, 2.05) is 55.8 Å². The van der Waals surface area contributed by atoms with E-state index in [4.69, 9.17) is 0 Å². The van der Waals surface area contributed by atoms with Gasteiger partial charge in [-0.2, -0.15) is 5.10 Å². The van der Waals surface area contributed by atoms with Crippen molar-refractivity contribution in [2.75, 3.05) is 11.9 Å². The molecular formula is C20H27N5O2. The van der Waals surface area contributed by atoms with Crippen molar-refractivity contribution >= 4 is 17.6 Å². The summed E-state index contributed by atoms with van der Waals surface area (Å²) in [7, 11) is 0. The maximum absolute atomic E-state index is 12.2. The highest BCUT2D eigenvalue weighted by Crippen LogP contribution is 2.15. The first-order valence-corrected chi connectivity index (χ1v) is 9.38. The average Bonchev–Trinajstić information content (AvgIpc) is 3.03. The molecule has 0 unspecified atom stereocenters. The van der Waals surface area contributed by atoms with Gasteiger partial charge in [-0.05, 0) is 39.0 Å². The second-order valence-electron chi connectivity index (χ2n) is 7.29. The van der Waals surface area contributed by atoms with Gasteiger partial charge in [0.25, 0.3) is 0 Å². The van der Waals surface area contributed by atoms with E-state index in [1.54, 1.807) is 4.90 Å². The fraction of sp³-hybridized carbons (Fsp3) is 0.450. The third kappa shape index (κ3) is 5.09. The Hall–Kier alpha value is -2.83. The monoisotopic (exact) mass is 369 g/mol. The fourth-order valence-electron chi connectivity index (χ4n) is 3.06. The summed E-state index contributed by atoms with van der Waals surface area (Å²) in [5.74, 6) is -0.0252. The molecule has 1 aromatic carbocycles. The van der Waals surface area contributed by atoms with Crippen LogP contribution >= 0.6 is 0 Å². The van der Waals surface area contributed by atoms with Gasteiger partial charge in [-0.1, -0.05) is 17.7 Å². The van der Waals surface area contributed by atoms with Gasteiger partial charge in [0, 0.05) is 31.1 Å². The molecule has 0 radical (unpaired) electrons. The van der Waals surface area contributed by atoms with E-state index in [9.17, 15) is 9.59 Å². The van der Waals surface area contributed by atoms with E-state index in [2.05, 4.69) is 15.7 Å². The van der Waals surface area contributed by atoms with E-state index in [0.29, 0.717) is 32.5 Å². The Labute approximate surface area is 159 Å². The Balaban J connectivity index is 1.52. The number of amides is 3. The van der Waals surface area contributed by atoms with Crippen LogP contribution in [0.4, 0.5) is 10.5 Å². The summed E-state index contributed by atoms with van der Waals surface area (Å²) in [6.07, 6.45) is 0.956. The summed E-state index contributed by atoms with van der Waals surface area (Å²) < 4.78 is 1.94. The number of hydrogen-bond donors (Lipinski definition) is 2. The van der Waals surface area contributed by atoms with Crippen LogP contribution in [0.5, 0.6) is 0 Å². The molecule has 2 heterocycles. The number of fused-ring (bicyclic) bond motifs is 1. The maximum atomic E-state index is 12.2. The third-order valence-electron chi connectivity index (χ3n) is 4.49. The minimum absolute atomic E-state index is 0.0252. The minimum Gasteiger partial charge on any atom is -0.336 e. The Morgan fingerprint density at radius 3 is 2.63 bits per heavy atom. The summed E-state index contributed by atoms with van der Waals surface area (Å²) >= 11 is 0. The van der Waals surface area contributed by atoms with Gasteiger partial charge >= 0.3 is 6.03 Å². The molecule has 27 heavy (non-hydrogen) atoms. The lowest BCUT2D eigenvalue weighted by Crippen LogP contribution is -2.46. The molecule has 3 rings (SSSR count). The standard InChI is InChI=1S/C20H27N5O2/c1-14(2)21-20(27)24-10-11-25-18(13-24)12-17(23-25)8-9-19(26)22-16-6-4-15(3)5-7-16/h4-7,12,14H,8-11,13H2,1-3H3,(H,21,27)(H,22,26). The summed E-state index contributed by atoms with van der Waals surface area (Å²) in [6.45, 7) is 7.77. The molecule has 0 saturated carbocycles. The predicted octanol–water partition coefficient (Wildman–Crippen LogP) is 2.70. The molecule has 1 aliphatic heterocycles. The van der Waals surface area contributed by atoms with Crippen LogP contribution in [0.3, 0.4) is 0 Å². The van der Waals surface area contributed by atoms with Gasteiger partial charge in [0.2, 0.25) is 5.91 Å². The SMILES string of the molecule is Cc1ccc(NC(=O)CCc2cc3n(n2)CCN(C(=O)NC(C)C)C3)cc1. The quantitative estimate of drug-likeness (QED) is 0.850. The number of benzene rings is 1. The van der Waals surface area contributed by atoms with Crippen molar-refractivity contribution in [2.45, 2.75) is 52.7 Å². The Morgan fingerprint density at radius 2 is 1.93 bits per heavy atom. The van der Waals surface area contributed by atoms with Crippen molar-refractivity contribution in [3.63, 3.8) is 0 Å². The zero-order valence-corrected chi connectivity index (χ0v) is 16.2. The van der Waals surface area contributed by atoms with Crippen LogP contribution < -0.4 is 10.6 Å². The lowest BCUT2D eigenvalue weighted by Gasteiger charge is -2.28. The first-order valence-electron chi connectivity index (χ1n) is 9.38. The molecule has 1 aliphatic rings. The van der Waals surface area contributed by atoms with Crippen LogP contribution in [0.15, 0.2) is 30.3 Å². The number of urea groups is 1. The van der Waals surface area contributed by atoms with Crippen LogP contribution in [0.25, 0.3) is 0 Å². The fourth-order valence-corrected chi connectivity index (χ4v) is 3.06. The van der Waals surface area contributed by atoms with E-state index in [1.165, 1.54) is 0 Å². The Morgan fingerprint density at radius 1 is 1.19 bits per heavy atom. The number of aromatic nitrogens is 2. The number of nitrogens with one attached hydrogen (secondary N) is 2. The van der Waals surface area contributed by atoms with Gasteiger partial charge in [-0.15, -0.1) is 0 Å². The molecule has 2 aromatic rings. The molecule has 0 aliphatic carbocycles. The first kappa shape index (κ1) is 18.9. The number of nitrogens with zero attached hydrogens (tertiary/aromatic N) is 3. The maximum Gasteiger partial charge on any atom is 0.318 e. The highest BCUT2D eigenvalue weighted by molar-refractivity contribution is 5.90. The third-order valence-corrected chi connectivity index (χ3v) is 4.49. The van der Waals surface area contributed by atoms with Gasteiger partial charge in [0.15, 0.2) is 0 Å². The van der Waals surface area contributed by atoms with Crippen LogP contribution in [0.1, 0.15) is 37.2 Å². The molecule has 0 spiro atoms. The second kappa shape index (κ2) is 8.24. The van der Waals surface area contributed by atoms with Crippen molar-refractivity contribution in [3.8, 4) is 0 Å². The molecule has 7 heteroatoms. The van der Waals surface area contributed by atoms with E-state index < -0.39 is 0 Å². The number of hydrogen-bond acceptors (Lipinski definition) is 3. The number of anilines is 1. The van der Waals surface area contributed by atoms with Crippen molar-refractivity contribution in [1.29, 1.82) is 0 Å². The molecule has 1 aromatic heterocycles. The predicted molar refractivity (Wildman–Crippen MR) is 104 cm³/mol. The summed E-state index contributed by atoms with van der Waals surface area (Å²) in [5.41, 5.74) is 3.86. The smallest absolute Gasteiger partial charge is 0.318 e. The lowest BCUT2D eigenvalue weighted by molar-refractivity contribution is -0.116. The van der Waals surface area contributed by atoms with E-state index >= 15 is 0 Å². The van der Waals surface area contributed by atoms with Crippen LogP contribution in [-0.2, 0) is 24.3 Å². The molecular weight excluding hydrogens is 342 g/mol. The minimum atomic E-state index is -0.0449. The first-order chi connectivity index (χ1) is 12.9. The van der Waals surface area contributed by atoms with E-state index in [-0.39, 0.29) is 18.0 Å². The lowest BCUT2D eigenvalue weighted by atomic mass is 10.2. The van der Waals surface area contributed by atoms with Gasteiger partial charge in [-0.25, -0.2) is 4.79 Å². The second-order valence-corrected chi connectivity index (χ2v) is 7.29. The van der Waals surface area contributed by atoms with Gasteiger partial charge in [0.1, 0.15) is 0 Å². The number of carbonyl (C=O) groups excluding carboxylic acids is 2. The number of carbonyl (C=O) groups is 2. The molecule has 144 valence electrons. The van der Waals surface area contributed by atoms with Crippen molar-refractivity contribution in [1.82, 2.24) is 20.0 Å². The molecule has 0 fully saturated rings. The number of rotatable bonds is 5. The highest BCUT2D eigenvalue weighted by atomic mass is 16.2. The van der Waals surface area contributed by atoms with Crippen molar-refractivity contribution < 1.29 is 9.59 Å². The molecule has 2 N–H and O–H groups in total. The van der Waals surface area contributed by atoms with Crippen LogP contribution in [0, 0.1) is 6.92 Å². The zero-order chi connectivity index (χ0) is 19.4. The summed E-state index contributed by atoms with van der Waals surface area (Å²) in [6, 6.07) is 9.82. The zero-order valence-electron chi connectivity index (χ0n) is 16.2. The molecule has 0 bridgehead atoms. The summed E-state index contributed by atoms with van der Waals surface area (Å²) in [4.78, 5) is 26.1. The van der Waals surface area contributed by atoms with E-state index in [0.717, 1.165) is 22.6 Å². The molecule has 3 amide bonds. The Bertz CT molecular complexity index is 810. The van der Waals surface area contributed by atoms with Gasteiger partial charge < -0.3 is 15.5 Å². The highest BCUT2D eigenvalue weighted by Gasteiger charge is 2.22. The van der Waals surface area contributed by atoms with Crippen molar-refractivity contribution in [2.24, 2.45) is 0 Å². The molecule has 0 atom stereocenters. The Kier molecular flexibility index (Phi) is 5.78. The normalized spacial score (nSPS) is 13.4. The van der Waals surface area contributed by atoms with Crippen LogP contribution in [-0.4, -0.2) is 39.2 Å². The molecule has 7 nitrogen and oxygen atoms in total. The number of aryl methyl sites for hydroxylation is 2.